The van der Waals surface area contributed by atoms with Crippen LogP contribution in [0, 0.1) is 0 Å². The molecule has 0 bridgehead atoms. The molecule has 3 nitrogen and oxygen atoms in total. The molecule has 4 rings (SSSR count). The van der Waals surface area contributed by atoms with Gasteiger partial charge in [-0.3, -0.25) is 0 Å². The monoisotopic (exact) mass is 305 g/mol. The van der Waals surface area contributed by atoms with Gasteiger partial charge in [-0.1, -0.05) is 54.6 Å². The fraction of sp³-hybridized carbons (Fsp3) is 0. The maximum Gasteiger partial charge on any atom is 0.115 e. The van der Waals surface area contributed by atoms with E-state index in [4.69, 9.17) is 10.2 Å². The lowest BCUT2D eigenvalue weighted by atomic mass is 10.3. The number of H-pyrrole nitrogens is 1. The van der Waals surface area contributed by atoms with Crippen LogP contribution in [0.4, 0.5) is 0 Å². The van der Waals surface area contributed by atoms with E-state index in [1.807, 2.05) is 30.5 Å². The van der Waals surface area contributed by atoms with Gasteiger partial charge in [0.05, 0.1) is 0 Å². The van der Waals surface area contributed by atoms with Gasteiger partial charge in [0.1, 0.15) is 11.5 Å². The molecule has 0 amide bonds. The van der Waals surface area contributed by atoms with Crippen LogP contribution in [0.5, 0.6) is 11.5 Å². The highest BCUT2D eigenvalue weighted by Crippen LogP contribution is 2.09. The average Bonchev–Trinajstić information content (AvgIpc) is 3.06. The average molecular weight is 305 g/mol. The van der Waals surface area contributed by atoms with Crippen molar-refractivity contribution in [2.24, 2.45) is 0 Å². The summed E-state index contributed by atoms with van der Waals surface area (Å²) in [6, 6.07) is 27.7. The van der Waals surface area contributed by atoms with Crippen molar-refractivity contribution in [1.29, 1.82) is 0 Å². The molecule has 0 radical (unpaired) electrons. The van der Waals surface area contributed by atoms with E-state index in [1.165, 1.54) is 10.9 Å². The van der Waals surface area contributed by atoms with Gasteiger partial charge >= 0.3 is 0 Å². The van der Waals surface area contributed by atoms with Crippen molar-refractivity contribution < 1.29 is 10.2 Å². The summed E-state index contributed by atoms with van der Waals surface area (Å²) in [7, 11) is 0. The molecule has 0 aliphatic heterocycles. The van der Waals surface area contributed by atoms with Gasteiger partial charge in [0.25, 0.3) is 0 Å². The molecule has 3 aromatic carbocycles. The van der Waals surface area contributed by atoms with E-state index in [0.29, 0.717) is 11.5 Å². The quantitative estimate of drug-likeness (QED) is 0.430. The van der Waals surface area contributed by atoms with E-state index in [1.54, 1.807) is 48.5 Å². The van der Waals surface area contributed by atoms with E-state index in [2.05, 4.69) is 23.2 Å². The van der Waals surface area contributed by atoms with Crippen LogP contribution in [0.3, 0.4) is 0 Å². The number of hydrogen-bond acceptors (Lipinski definition) is 2. The van der Waals surface area contributed by atoms with Gasteiger partial charge < -0.3 is 15.2 Å². The zero-order chi connectivity index (χ0) is 16.3. The molecule has 3 N–H and O–H groups in total. The normalized spacial score (nSPS) is 9.22. The van der Waals surface area contributed by atoms with Gasteiger partial charge in [-0.2, -0.15) is 0 Å². The third-order valence-electron chi connectivity index (χ3n) is 2.97. The molecule has 1 aromatic heterocycles. The minimum atomic E-state index is 0.322. The zero-order valence-electron chi connectivity index (χ0n) is 12.6. The SMILES string of the molecule is Oc1ccccc1.Oc1ccccc1.c1ccc2[nH]ccc2c1. The molecule has 0 fully saturated rings. The number of hydrogen-bond donors (Lipinski definition) is 3. The topological polar surface area (TPSA) is 56.2 Å². The maximum atomic E-state index is 8.63. The standard InChI is InChI=1S/C8H7N.2C6H6O/c1-2-4-8-7(3-1)5-6-9-8;2*7-6-4-2-1-3-5-6/h1-6,9H;2*1-5,7H. The molecule has 0 saturated carbocycles. The predicted octanol–water partition coefficient (Wildman–Crippen LogP) is 4.95. The summed E-state index contributed by atoms with van der Waals surface area (Å²) in [5.74, 6) is 0.644. The Labute approximate surface area is 135 Å². The lowest BCUT2D eigenvalue weighted by Crippen LogP contribution is -1.61. The molecule has 1 heterocycles. The molecule has 0 atom stereocenters. The van der Waals surface area contributed by atoms with Crippen molar-refractivity contribution in [3.63, 3.8) is 0 Å². The molecule has 0 aliphatic rings. The van der Waals surface area contributed by atoms with Crippen molar-refractivity contribution in [2.75, 3.05) is 0 Å². The Balaban J connectivity index is 0.000000127. The number of fused-ring (bicyclic) bond motifs is 1. The van der Waals surface area contributed by atoms with E-state index >= 15 is 0 Å². The van der Waals surface area contributed by atoms with E-state index in [-0.39, 0.29) is 0 Å². The van der Waals surface area contributed by atoms with Crippen molar-refractivity contribution in [2.45, 2.75) is 0 Å². The summed E-state index contributed by atoms with van der Waals surface area (Å²) in [5, 5.41) is 18.5. The number of rotatable bonds is 0. The molecule has 0 spiro atoms. The molecule has 0 saturated heterocycles. The summed E-state index contributed by atoms with van der Waals surface area (Å²) in [6.07, 6.45) is 1.95. The first-order valence-corrected chi connectivity index (χ1v) is 7.26. The Kier molecular flexibility index (Phi) is 6.29. The summed E-state index contributed by atoms with van der Waals surface area (Å²) >= 11 is 0. The number of para-hydroxylation sites is 3. The first kappa shape index (κ1) is 16.2. The Bertz CT molecular complexity index is 728. The van der Waals surface area contributed by atoms with Crippen molar-refractivity contribution in [1.82, 2.24) is 4.98 Å². The molecular formula is C20H19NO2. The summed E-state index contributed by atoms with van der Waals surface area (Å²) < 4.78 is 0. The minimum absolute atomic E-state index is 0.322. The minimum Gasteiger partial charge on any atom is -0.508 e. The second-order valence-electron chi connectivity index (χ2n) is 4.74. The Hall–Kier alpha value is -3.20. The number of phenolic OH excluding ortho intramolecular Hbond substituents is 2. The van der Waals surface area contributed by atoms with Crippen LogP contribution in [0.15, 0.2) is 97.2 Å². The van der Waals surface area contributed by atoms with Crippen molar-refractivity contribution in [3.8, 4) is 11.5 Å². The van der Waals surface area contributed by atoms with Gasteiger partial charge in [0.2, 0.25) is 0 Å². The Morgan fingerprint density at radius 2 is 1.00 bits per heavy atom. The molecule has 3 heteroatoms. The van der Waals surface area contributed by atoms with E-state index in [9.17, 15) is 0 Å². The van der Waals surface area contributed by atoms with E-state index < -0.39 is 0 Å². The Morgan fingerprint density at radius 3 is 1.43 bits per heavy atom. The van der Waals surface area contributed by atoms with Gasteiger partial charge in [-0.05, 0) is 41.8 Å². The Morgan fingerprint density at radius 1 is 0.522 bits per heavy atom. The largest absolute Gasteiger partial charge is 0.508 e. The number of phenols is 2. The molecule has 0 unspecified atom stereocenters. The van der Waals surface area contributed by atoms with Crippen LogP contribution in [-0.4, -0.2) is 15.2 Å². The number of aromatic amines is 1. The second kappa shape index (κ2) is 8.95. The van der Waals surface area contributed by atoms with E-state index in [0.717, 1.165) is 0 Å². The molecule has 116 valence electrons. The zero-order valence-corrected chi connectivity index (χ0v) is 12.6. The number of aromatic hydroxyl groups is 2. The maximum absolute atomic E-state index is 8.63. The molecule has 0 aliphatic carbocycles. The fourth-order valence-corrected chi connectivity index (χ4v) is 1.85. The highest BCUT2D eigenvalue weighted by Gasteiger charge is 1.86. The van der Waals surface area contributed by atoms with Crippen LogP contribution in [0.25, 0.3) is 10.9 Å². The first-order valence-electron chi connectivity index (χ1n) is 7.26. The van der Waals surface area contributed by atoms with Gasteiger partial charge in [-0.15, -0.1) is 0 Å². The predicted molar refractivity (Wildman–Crippen MR) is 94.5 cm³/mol. The van der Waals surface area contributed by atoms with Crippen LogP contribution in [0.2, 0.25) is 0 Å². The number of nitrogens with one attached hydrogen (secondary N) is 1. The van der Waals surface area contributed by atoms with Crippen LogP contribution in [-0.2, 0) is 0 Å². The highest BCUT2D eigenvalue weighted by molar-refractivity contribution is 5.78. The fourth-order valence-electron chi connectivity index (χ4n) is 1.85. The first-order chi connectivity index (χ1) is 11.3. The summed E-state index contributed by atoms with van der Waals surface area (Å²) in [5.41, 5.74) is 1.21. The van der Waals surface area contributed by atoms with Crippen molar-refractivity contribution in [3.05, 3.63) is 97.2 Å². The number of benzene rings is 3. The lowest BCUT2D eigenvalue weighted by Gasteiger charge is -1.83. The second-order valence-corrected chi connectivity index (χ2v) is 4.74. The molecule has 4 aromatic rings. The summed E-state index contributed by atoms with van der Waals surface area (Å²) in [4.78, 5) is 3.12. The van der Waals surface area contributed by atoms with Crippen LogP contribution >= 0.6 is 0 Å². The molecule has 23 heavy (non-hydrogen) atoms. The van der Waals surface area contributed by atoms with Crippen molar-refractivity contribution >= 4 is 10.9 Å². The number of aromatic nitrogens is 1. The third kappa shape index (κ3) is 5.98. The van der Waals surface area contributed by atoms with Gasteiger partial charge in [0, 0.05) is 11.7 Å². The van der Waals surface area contributed by atoms with Gasteiger partial charge in [0.15, 0.2) is 0 Å². The smallest absolute Gasteiger partial charge is 0.115 e. The lowest BCUT2D eigenvalue weighted by molar-refractivity contribution is 0.475. The van der Waals surface area contributed by atoms with Gasteiger partial charge in [-0.25, -0.2) is 0 Å². The van der Waals surface area contributed by atoms with Crippen LogP contribution < -0.4 is 0 Å². The summed E-state index contributed by atoms with van der Waals surface area (Å²) in [6.45, 7) is 0. The highest BCUT2D eigenvalue weighted by atomic mass is 16.3. The molecular weight excluding hydrogens is 286 g/mol. The van der Waals surface area contributed by atoms with Crippen LogP contribution in [0.1, 0.15) is 0 Å². The third-order valence-corrected chi connectivity index (χ3v) is 2.97.